The maximum absolute atomic E-state index is 11.3. The number of rotatable bonds is 4. The van der Waals surface area contributed by atoms with E-state index >= 15 is 0 Å². The fourth-order valence-corrected chi connectivity index (χ4v) is 4.24. The summed E-state index contributed by atoms with van der Waals surface area (Å²) in [4.78, 5) is 18.6. The smallest absolute Gasteiger partial charge is 0.248 e. The van der Waals surface area contributed by atoms with Crippen molar-refractivity contribution in [2.24, 2.45) is 16.1 Å². The number of amides is 1. The number of carbonyl (C=O) groups excluding carboxylic acids is 1. The lowest BCUT2D eigenvalue weighted by Crippen LogP contribution is -2.41. The SMILES string of the molecule is CCNC(=NCc1cccc(C(N)=O)c1)N1CCC2(CCCCC2)C1. The van der Waals surface area contributed by atoms with Crippen LogP contribution in [-0.4, -0.2) is 36.4 Å². The minimum atomic E-state index is -0.392. The third-order valence-corrected chi connectivity index (χ3v) is 5.61. The normalized spacial score (nSPS) is 20.0. The Balaban J connectivity index is 1.69. The maximum Gasteiger partial charge on any atom is 0.248 e. The molecule has 3 rings (SSSR count). The van der Waals surface area contributed by atoms with Crippen molar-refractivity contribution in [3.05, 3.63) is 35.4 Å². The van der Waals surface area contributed by atoms with Gasteiger partial charge >= 0.3 is 0 Å². The van der Waals surface area contributed by atoms with Crippen LogP contribution in [0.1, 0.15) is 61.4 Å². The maximum atomic E-state index is 11.3. The monoisotopic (exact) mass is 342 g/mol. The molecule has 1 aliphatic heterocycles. The van der Waals surface area contributed by atoms with Gasteiger partial charge in [-0.1, -0.05) is 31.4 Å². The average molecular weight is 342 g/mol. The number of nitrogens with one attached hydrogen (secondary N) is 1. The molecule has 5 nitrogen and oxygen atoms in total. The molecule has 0 atom stereocenters. The molecule has 3 N–H and O–H groups in total. The molecule has 1 aromatic rings. The predicted molar refractivity (Wildman–Crippen MR) is 101 cm³/mol. The number of aliphatic imine (C=N–C) groups is 1. The molecular weight excluding hydrogens is 312 g/mol. The van der Waals surface area contributed by atoms with Crippen molar-refractivity contribution in [2.45, 2.75) is 52.0 Å². The highest BCUT2D eigenvalue weighted by molar-refractivity contribution is 5.92. The molecule has 2 fully saturated rings. The van der Waals surface area contributed by atoms with E-state index in [4.69, 9.17) is 10.7 Å². The Hall–Kier alpha value is -2.04. The highest BCUT2D eigenvalue weighted by atomic mass is 16.1. The molecule has 1 aliphatic carbocycles. The number of primary amides is 1. The van der Waals surface area contributed by atoms with Crippen LogP contribution < -0.4 is 11.1 Å². The quantitative estimate of drug-likeness (QED) is 0.653. The van der Waals surface area contributed by atoms with E-state index in [1.165, 1.54) is 38.5 Å². The van der Waals surface area contributed by atoms with Gasteiger partial charge in [0.1, 0.15) is 0 Å². The van der Waals surface area contributed by atoms with Crippen molar-refractivity contribution >= 4 is 11.9 Å². The summed E-state index contributed by atoms with van der Waals surface area (Å²) in [6.07, 6.45) is 8.16. The Morgan fingerprint density at radius 1 is 1.28 bits per heavy atom. The first-order valence-electron chi connectivity index (χ1n) is 9.54. The van der Waals surface area contributed by atoms with Crippen LogP contribution in [0.15, 0.2) is 29.3 Å². The zero-order valence-electron chi connectivity index (χ0n) is 15.3. The summed E-state index contributed by atoms with van der Waals surface area (Å²) >= 11 is 0. The zero-order chi connectivity index (χ0) is 17.7. The van der Waals surface area contributed by atoms with Gasteiger partial charge in [-0.15, -0.1) is 0 Å². The number of guanidine groups is 1. The highest BCUT2D eigenvalue weighted by Gasteiger charge is 2.39. The van der Waals surface area contributed by atoms with Gasteiger partial charge in [-0.2, -0.15) is 0 Å². The van der Waals surface area contributed by atoms with Crippen molar-refractivity contribution < 1.29 is 4.79 Å². The van der Waals surface area contributed by atoms with Crippen molar-refractivity contribution in [2.75, 3.05) is 19.6 Å². The van der Waals surface area contributed by atoms with Gasteiger partial charge < -0.3 is 16.0 Å². The number of benzene rings is 1. The van der Waals surface area contributed by atoms with E-state index in [1.807, 2.05) is 18.2 Å². The molecule has 25 heavy (non-hydrogen) atoms. The van der Waals surface area contributed by atoms with Crippen molar-refractivity contribution in [3.63, 3.8) is 0 Å². The standard InChI is InChI=1S/C20H30N4O/c1-2-22-19(23-14-16-7-6-8-17(13-16)18(21)25)24-12-11-20(15-24)9-4-3-5-10-20/h6-8,13H,2-5,9-12,14-15H2,1H3,(H2,21,25)(H,22,23). The van der Waals surface area contributed by atoms with Crippen LogP contribution >= 0.6 is 0 Å². The summed E-state index contributed by atoms with van der Waals surface area (Å²) in [7, 11) is 0. The molecule has 0 aromatic heterocycles. The zero-order valence-corrected chi connectivity index (χ0v) is 15.3. The number of nitrogens with two attached hydrogens (primary N) is 1. The van der Waals surface area contributed by atoms with Crippen LogP contribution in [0.4, 0.5) is 0 Å². The largest absolute Gasteiger partial charge is 0.366 e. The van der Waals surface area contributed by atoms with Crippen molar-refractivity contribution in [3.8, 4) is 0 Å². The van der Waals surface area contributed by atoms with Gasteiger partial charge in [-0.05, 0) is 49.3 Å². The van der Waals surface area contributed by atoms with E-state index in [0.717, 1.165) is 31.2 Å². The summed E-state index contributed by atoms with van der Waals surface area (Å²) < 4.78 is 0. The van der Waals surface area contributed by atoms with Gasteiger partial charge in [0.05, 0.1) is 6.54 Å². The van der Waals surface area contributed by atoms with E-state index in [0.29, 0.717) is 17.5 Å². The number of hydrogen-bond donors (Lipinski definition) is 2. The second-order valence-corrected chi connectivity index (χ2v) is 7.47. The minimum Gasteiger partial charge on any atom is -0.366 e. The molecule has 1 aromatic carbocycles. The number of hydrogen-bond acceptors (Lipinski definition) is 2. The Morgan fingerprint density at radius 2 is 2.08 bits per heavy atom. The number of likely N-dealkylation sites (tertiary alicyclic amines) is 1. The fraction of sp³-hybridized carbons (Fsp3) is 0.600. The molecule has 5 heteroatoms. The molecule has 1 heterocycles. The second-order valence-electron chi connectivity index (χ2n) is 7.47. The van der Waals surface area contributed by atoms with Gasteiger partial charge in [-0.3, -0.25) is 4.79 Å². The van der Waals surface area contributed by atoms with Crippen molar-refractivity contribution in [1.82, 2.24) is 10.2 Å². The van der Waals surface area contributed by atoms with Gasteiger partial charge in [0.25, 0.3) is 0 Å². The van der Waals surface area contributed by atoms with Gasteiger partial charge in [0.2, 0.25) is 5.91 Å². The lowest BCUT2D eigenvalue weighted by atomic mass is 9.73. The summed E-state index contributed by atoms with van der Waals surface area (Å²) in [6.45, 7) is 5.75. The molecular formula is C20H30N4O. The molecule has 1 amide bonds. The summed E-state index contributed by atoms with van der Waals surface area (Å²) in [5, 5.41) is 3.44. The predicted octanol–water partition coefficient (Wildman–Crippen LogP) is 2.91. The minimum absolute atomic E-state index is 0.392. The fourth-order valence-electron chi connectivity index (χ4n) is 4.24. The topological polar surface area (TPSA) is 70.7 Å². The van der Waals surface area contributed by atoms with E-state index in [2.05, 4.69) is 17.1 Å². The first kappa shape index (κ1) is 17.8. The third-order valence-electron chi connectivity index (χ3n) is 5.61. The third kappa shape index (κ3) is 4.33. The van der Waals surface area contributed by atoms with E-state index in [9.17, 15) is 4.79 Å². The molecule has 0 radical (unpaired) electrons. The molecule has 1 saturated heterocycles. The average Bonchev–Trinajstić information content (AvgIpc) is 3.02. The number of carbonyl (C=O) groups is 1. The molecule has 0 unspecified atom stereocenters. The summed E-state index contributed by atoms with van der Waals surface area (Å²) in [5.74, 6) is 0.603. The van der Waals surface area contributed by atoms with Crippen LogP contribution in [0.25, 0.3) is 0 Å². The molecule has 0 bridgehead atoms. The van der Waals surface area contributed by atoms with Crippen molar-refractivity contribution in [1.29, 1.82) is 0 Å². The number of nitrogens with zero attached hydrogens (tertiary/aromatic N) is 2. The molecule has 136 valence electrons. The van der Waals surface area contributed by atoms with Gasteiger partial charge in [-0.25, -0.2) is 4.99 Å². The Bertz CT molecular complexity index is 634. The van der Waals surface area contributed by atoms with Crippen LogP contribution in [0, 0.1) is 5.41 Å². The lowest BCUT2D eigenvalue weighted by Gasteiger charge is -2.33. The van der Waals surface area contributed by atoms with E-state index in [1.54, 1.807) is 6.07 Å². The Morgan fingerprint density at radius 3 is 2.80 bits per heavy atom. The highest BCUT2D eigenvalue weighted by Crippen LogP contribution is 2.43. The lowest BCUT2D eigenvalue weighted by molar-refractivity contribution is 0.1000. The van der Waals surface area contributed by atoms with Gasteiger partial charge in [0.15, 0.2) is 5.96 Å². The van der Waals surface area contributed by atoms with E-state index in [-0.39, 0.29) is 0 Å². The van der Waals surface area contributed by atoms with Crippen LogP contribution in [0.3, 0.4) is 0 Å². The van der Waals surface area contributed by atoms with Crippen LogP contribution in [-0.2, 0) is 6.54 Å². The molecule has 1 saturated carbocycles. The first-order chi connectivity index (χ1) is 12.1. The molecule has 1 spiro atoms. The van der Waals surface area contributed by atoms with Crippen LogP contribution in [0.5, 0.6) is 0 Å². The molecule has 2 aliphatic rings. The summed E-state index contributed by atoms with van der Waals surface area (Å²) in [6, 6.07) is 7.44. The van der Waals surface area contributed by atoms with E-state index < -0.39 is 5.91 Å². The Labute approximate surface area is 150 Å². The van der Waals surface area contributed by atoms with Crippen LogP contribution in [0.2, 0.25) is 0 Å². The second kappa shape index (κ2) is 7.89. The first-order valence-corrected chi connectivity index (χ1v) is 9.54. The summed E-state index contributed by atoms with van der Waals surface area (Å²) in [5.41, 5.74) is 7.44. The Kier molecular flexibility index (Phi) is 5.61. The van der Waals surface area contributed by atoms with Gasteiger partial charge in [0, 0.05) is 25.2 Å².